The van der Waals surface area contributed by atoms with Gasteiger partial charge in [0.05, 0.1) is 0 Å². The number of amides is 1. The highest BCUT2D eigenvalue weighted by molar-refractivity contribution is 6.03. The number of carbonyl (C=O) groups is 1. The number of ether oxygens (including phenoxy) is 2. The minimum absolute atomic E-state index is 0.224. The molecule has 1 amide bonds. The zero-order valence-electron chi connectivity index (χ0n) is 15.7. The van der Waals surface area contributed by atoms with E-state index < -0.39 is 0 Å². The molecule has 0 saturated heterocycles. The first-order valence-corrected chi connectivity index (χ1v) is 8.97. The second-order valence-corrected chi connectivity index (χ2v) is 6.56. The molecule has 1 aromatic heterocycles. The molecule has 2 aromatic carbocycles. The van der Waals surface area contributed by atoms with Crippen molar-refractivity contribution in [3.8, 4) is 11.5 Å². The van der Waals surface area contributed by atoms with Gasteiger partial charge >= 0.3 is 0 Å². The highest BCUT2D eigenvalue weighted by Crippen LogP contribution is 2.32. The Morgan fingerprint density at radius 1 is 0.929 bits per heavy atom. The third-order valence-corrected chi connectivity index (χ3v) is 4.35. The predicted octanol–water partition coefficient (Wildman–Crippen LogP) is 3.86. The number of anilines is 3. The molecule has 0 radical (unpaired) electrons. The van der Waals surface area contributed by atoms with Crippen LogP contribution in [0, 0.1) is 13.8 Å². The normalized spacial score (nSPS) is 12.4. The van der Waals surface area contributed by atoms with Crippen molar-refractivity contribution < 1.29 is 14.3 Å². The number of carbonyl (C=O) groups excluding carboxylic acids is 1. The third kappa shape index (κ3) is 3.88. The lowest BCUT2D eigenvalue weighted by atomic mass is 10.1. The SMILES string of the molecule is Cc1ccc(C)c(Nc2ccc(C(=O)Nc3ccc4c(c3)OCCO4)nn2)c1. The fraction of sp³-hybridized carbons (Fsp3) is 0.190. The number of aromatic nitrogens is 2. The number of nitrogens with zero attached hydrogens (tertiary/aromatic N) is 2. The molecule has 142 valence electrons. The fourth-order valence-corrected chi connectivity index (χ4v) is 2.84. The van der Waals surface area contributed by atoms with Gasteiger partial charge in [0.2, 0.25) is 0 Å². The van der Waals surface area contributed by atoms with Crippen LogP contribution in [-0.2, 0) is 0 Å². The van der Waals surface area contributed by atoms with Crippen LogP contribution in [0.1, 0.15) is 21.6 Å². The second-order valence-electron chi connectivity index (χ2n) is 6.56. The summed E-state index contributed by atoms with van der Waals surface area (Å²) in [6.45, 7) is 5.06. The lowest BCUT2D eigenvalue weighted by molar-refractivity contribution is 0.102. The van der Waals surface area contributed by atoms with Gasteiger partial charge in [-0.05, 0) is 55.3 Å². The van der Waals surface area contributed by atoms with Gasteiger partial charge in [0.15, 0.2) is 23.0 Å². The van der Waals surface area contributed by atoms with Crippen molar-refractivity contribution >= 4 is 23.1 Å². The van der Waals surface area contributed by atoms with Gasteiger partial charge in [0.1, 0.15) is 13.2 Å². The molecule has 3 aromatic rings. The summed E-state index contributed by atoms with van der Waals surface area (Å²) in [6.07, 6.45) is 0. The van der Waals surface area contributed by atoms with Gasteiger partial charge in [-0.2, -0.15) is 0 Å². The Hall–Kier alpha value is -3.61. The summed E-state index contributed by atoms with van der Waals surface area (Å²) in [5.74, 6) is 1.51. The lowest BCUT2D eigenvalue weighted by Crippen LogP contribution is -2.17. The van der Waals surface area contributed by atoms with Crippen LogP contribution in [0.4, 0.5) is 17.2 Å². The summed E-state index contributed by atoms with van der Waals surface area (Å²) in [7, 11) is 0. The Morgan fingerprint density at radius 3 is 2.54 bits per heavy atom. The van der Waals surface area contributed by atoms with Crippen molar-refractivity contribution in [2.24, 2.45) is 0 Å². The number of aryl methyl sites for hydroxylation is 2. The smallest absolute Gasteiger partial charge is 0.276 e. The van der Waals surface area contributed by atoms with Gasteiger partial charge in [-0.1, -0.05) is 12.1 Å². The minimum Gasteiger partial charge on any atom is -0.486 e. The van der Waals surface area contributed by atoms with E-state index in [4.69, 9.17) is 9.47 Å². The van der Waals surface area contributed by atoms with E-state index in [1.54, 1.807) is 30.3 Å². The van der Waals surface area contributed by atoms with Crippen molar-refractivity contribution in [3.63, 3.8) is 0 Å². The zero-order valence-corrected chi connectivity index (χ0v) is 15.7. The van der Waals surface area contributed by atoms with E-state index in [2.05, 4.69) is 26.9 Å². The summed E-state index contributed by atoms with van der Waals surface area (Å²) in [5.41, 5.74) is 4.04. The Balaban J connectivity index is 1.45. The minimum atomic E-state index is -0.345. The molecule has 0 fully saturated rings. The second kappa shape index (κ2) is 7.56. The van der Waals surface area contributed by atoms with Crippen LogP contribution >= 0.6 is 0 Å². The standard InChI is InChI=1S/C21H20N4O3/c1-13-3-4-14(2)17(11-13)23-20-8-6-16(24-25-20)21(26)22-15-5-7-18-19(12-15)28-10-9-27-18/h3-8,11-12H,9-10H2,1-2H3,(H,22,26)(H,23,25). The highest BCUT2D eigenvalue weighted by atomic mass is 16.6. The number of hydrogen-bond donors (Lipinski definition) is 2. The summed E-state index contributed by atoms with van der Waals surface area (Å²) >= 11 is 0. The van der Waals surface area contributed by atoms with Gasteiger partial charge in [0.25, 0.3) is 5.91 Å². The zero-order chi connectivity index (χ0) is 19.5. The van der Waals surface area contributed by atoms with Crippen molar-refractivity contribution in [2.45, 2.75) is 13.8 Å². The number of hydrogen-bond acceptors (Lipinski definition) is 6. The maximum atomic E-state index is 12.4. The first kappa shape index (κ1) is 17.8. The Kier molecular flexibility index (Phi) is 4.80. The molecule has 4 rings (SSSR count). The first-order chi connectivity index (χ1) is 13.6. The van der Waals surface area contributed by atoms with Gasteiger partial charge in [0, 0.05) is 17.4 Å². The van der Waals surface area contributed by atoms with E-state index in [-0.39, 0.29) is 11.6 Å². The van der Waals surface area contributed by atoms with Crippen LogP contribution in [0.2, 0.25) is 0 Å². The molecular weight excluding hydrogens is 356 g/mol. The van der Waals surface area contributed by atoms with Crippen molar-refractivity contribution in [1.82, 2.24) is 10.2 Å². The molecule has 0 atom stereocenters. The van der Waals surface area contributed by atoms with Crippen molar-refractivity contribution in [1.29, 1.82) is 0 Å². The molecule has 0 unspecified atom stereocenters. The van der Waals surface area contributed by atoms with Crippen molar-refractivity contribution in [2.75, 3.05) is 23.8 Å². The third-order valence-electron chi connectivity index (χ3n) is 4.35. The molecule has 1 aliphatic heterocycles. The quantitative estimate of drug-likeness (QED) is 0.719. The summed E-state index contributed by atoms with van der Waals surface area (Å²) in [6, 6.07) is 14.8. The van der Waals surface area contributed by atoms with Crippen LogP contribution in [0.15, 0.2) is 48.5 Å². The molecule has 7 heteroatoms. The van der Waals surface area contributed by atoms with E-state index in [9.17, 15) is 4.79 Å². The predicted molar refractivity (Wildman–Crippen MR) is 107 cm³/mol. The summed E-state index contributed by atoms with van der Waals surface area (Å²) in [5, 5.41) is 14.2. The van der Waals surface area contributed by atoms with E-state index in [0.29, 0.717) is 36.2 Å². The molecule has 1 aliphatic rings. The molecule has 0 aliphatic carbocycles. The molecule has 0 bridgehead atoms. The fourth-order valence-electron chi connectivity index (χ4n) is 2.84. The summed E-state index contributed by atoms with van der Waals surface area (Å²) < 4.78 is 11.0. The maximum absolute atomic E-state index is 12.4. The Labute approximate surface area is 162 Å². The summed E-state index contributed by atoms with van der Waals surface area (Å²) in [4.78, 5) is 12.4. The molecule has 0 saturated carbocycles. The van der Waals surface area contributed by atoms with Crippen LogP contribution in [0.3, 0.4) is 0 Å². The van der Waals surface area contributed by atoms with Crippen LogP contribution in [0.25, 0.3) is 0 Å². The molecule has 2 N–H and O–H groups in total. The van der Waals surface area contributed by atoms with E-state index in [1.807, 2.05) is 26.0 Å². The average Bonchev–Trinajstić information content (AvgIpc) is 2.71. The molecule has 28 heavy (non-hydrogen) atoms. The monoisotopic (exact) mass is 376 g/mol. The highest BCUT2D eigenvalue weighted by Gasteiger charge is 2.14. The Morgan fingerprint density at radius 2 is 1.75 bits per heavy atom. The van der Waals surface area contributed by atoms with E-state index in [0.717, 1.165) is 16.8 Å². The van der Waals surface area contributed by atoms with Gasteiger partial charge in [-0.15, -0.1) is 10.2 Å². The van der Waals surface area contributed by atoms with E-state index in [1.165, 1.54) is 0 Å². The van der Waals surface area contributed by atoms with Crippen LogP contribution < -0.4 is 20.1 Å². The number of rotatable bonds is 4. The van der Waals surface area contributed by atoms with E-state index >= 15 is 0 Å². The molecular formula is C21H20N4O3. The van der Waals surface area contributed by atoms with Gasteiger partial charge in [-0.3, -0.25) is 4.79 Å². The number of benzene rings is 2. The molecule has 7 nitrogen and oxygen atoms in total. The van der Waals surface area contributed by atoms with Gasteiger partial charge in [-0.25, -0.2) is 0 Å². The first-order valence-electron chi connectivity index (χ1n) is 8.97. The maximum Gasteiger partial charge on any atom is 0.276 e. The number of nitrogens with one attached hydrogen (secondary N) is 2. The lowest BCUT2D eigenvalue weighted by Gasteiger charge is -2.18. The van der Waals surface area contributed by atoms with Crippen LogP contribution in [0.5, 0.6) is 11.5 Å². The average molecular weight is 376 g/mol. The number of fused-ring (bicyclic) bond motifs is 1. The van der Waals surface area contributed by atoms with Gasteiger partial charge < -0.3 is 20.1 Å². The van der Waals surface area contributed by atoms with Crippen molar-refractivity contribution in [3.05, 3.63) is 65.4 Å². The Bertz CT molecular complexity index is 1020. The topological polar surface area (TPSA) is 85.4 Å². The largest absolute Gasteiger partial charge is 0.486 e. The molecule has 0 spiro atoms. The molecule has 2 heterocycles. The van der Waals surface area contributed by atoms with Crippen LogP contribution in [-0.4, -0.2) is 29.3 Å².